The van der Waals surface area contributed by atoms with Gasteiger partial charge in [-0.05, 0) is 41.5 Å². The zero-order valence-electron chi connectivity index (χ0n) is 9.82. The number of methoxy groups -OCH3 is 1. The number of hydrogen-bond acceptors (Lipinski definition) is 2. The van der Waals surface area contributed by atoms with Gasteiger partial charge in [-0.1, -0.05) is 0 Å². The molecule has 0 amide bonds. The molecule has 0 aromatic heterocycles. The van der Waals surface area contributed by atoms with Gasteiger partial charge in [-0.25, -0.2) is 0 Å². The summed E-state index contributed by atoms with van der Waals surface area (Å²) in [6.45, 7) is 12.4. The predicted octanol–water partition coefficient (Wildman–Crippen LogP) is 2.86. The van der Waals surface area contributed by atoms with E-state index in [1.165, 1.54) is 0 Å². The van der Waals surface area contributed by atoms with E-state index in [1.807, 2.05) is 0 Å². The van der Waals surface area contributed by atoms with E-state index >= 15 is 0 Å². The smallest absolute Gasteiger partial charge is 0.0605 e. The van der Waals surface area contributed by atoms with Gasteiger partial charge in [0.25, 0.3) is 0 Å². The van der Waals surface area contributed by atoms with Crippen molar-refractivity contribution in [1.29, 1.82) is 0 Å². The van der Waals surface area contributed by atoms with Crippen LogP contribution in [0.1, 0.15) is 41.5 Å². The first kappa shape index (κ1) is 14.4. The highest BCUT2D eigenvalue weighted by atomic mass is 16.5. The largest absolute Gasteiger partial charge is 0.388 e. The second-order valence-electron chi connectivity index (χ2n) is 4.74. The van der Waals surface area contributed by atoms with E-state index in [0.29, 0.717) is 0 Å². The van der Waals surface area contributed by atoms with Crippen LogP contribution >= 0.6 is 0 Å². The second-order valence-corrected chi connectivity index (χ2v) is 4.74. The molecule has 76 valence electrons. The maximum Gasteiger partial charge on any atom is 0.0605 e. The van der Waals surface area contributed by atoms with Gasteiger partial charge in [-0.3, -0.25) is 0 Å². The van der Waals surface area contributed by atoms with E-state index in [4.69, 9.17) is 4.74 Å². The molecule has 0 aliphatic heterocycles. The Balaban J connectivity index is 0. The molecular formula is C10H24O2. The van der Waals surface area contributed by atoms with E-state index in [-0.39, 0.29) is 11.2 Å². The lowest BCUT2D eigenvalue weighted by Crippen LogP contribution is -2.31. The quantitative estimate of drug-likeness (QED) is 0.565. The van der Waals surface area contributed by atoms with E-state index in [1.54, 1.807) is 14.2 Å². The monoisotopic (exact) mass is 176 g/mol. The molecule has 0 spiro atoms. The first-order valence-electron chi connectivity index (χ1n) is 4.22. The Morgan fingerprint density at radius 1 is 0.667 bits per heavy atom. The normalized spacial score (nSPS) is 12.0. The molecule has 0 aromatic carbocycles. The molecule has 0 unspecified atom stereocenters. The number of ether oxygens (including phenoxy) is 2. The van der Waals surface area contributed by atoms with Gasteiger partial charge in [-0.2, -0.15) is 0 Å². The van der Waals surface area contributed by atoms with E-state index in [9.17, 15) is 0 Å². The first-order chi connectivity index (χ1) is 5.12. The summed E-state index contributed by atoms with van der Waals surface area (Å²) in [7, 11) is 3.25. The van der Waals surface area contributed by atoms with Gasteiger partial charge in [0.2, 0.25) is 0 Å². The molecule has 0 rings (SSSR count). The van der Waals surface area contributed by atoms with Gasteiger partial charge in [0.15, 0.2) is 0 Å². The summed E-state index contributed by atoms with van der Waals surface area (Å²) in [5, 5.41) is 0. The van der Waals surface area contributed by atoms with Crippen molar-refractivity contribution in [3.63, 3.8) is 0 Å². The molecule has 0 aliphatic carbocycles. The van der Waals surface area contributed by atoms with Gasteiger partial charge >= 0.3 is 0 Å². The Morgan fingerprint density at radius 3 is 0.833 bits per heavy atom. The van der Waals surface area contributed by atoms with Gasteiger partial charge in [0.1, 0.15) is 0 Å². The van der Waals surface area contributed by atoms with Crippen LogP contribution in [0.5, 0.6) is 0 Å². The van der Waals surface area contributed by atoms with Crippen molar-refractivity contribution in [1.82, 2.24) is 0 Å². The van der Waals surface area contributed by atoms with Crippen molar-refractivity contribution in [3.8, 4) is 0 Å². The third-order valence-electron chi connectivity index (χ3n) is 0.612. The van der Waals surface area contributed by atoms with Gasteiger partial charge < -0.3 is 9.47 Å². The summed E-state index contributed by atoms with van der Waals surface area (Å²) in [5.74, 6) is 0. The van der Waals surface area contributed by atoms with Crippen molar-refractivity contribution >= 4 is 0 Å². The lowest BCUT2D eigenvalue weighted by molar-refractivity contribution is -0.102. The van der Waals surface area contributed by atoms with Crippen molar-refractivity contribution in [2.45, 2.75) is 52.7 Å². The Kier molecular flexibility index (Phi) is 6.68. The topological polar surface area (TPSA) is 18.5 Å². The van der Waals surface area contributed by atoms with Crippen LogP contribution in [0.2, 0.25) is 0 Å². The molecule has 0 aliphatic rings. The van der Waals surface area contributed by atoms with E-state index in [2.05, 4.69) is 46.3 Å². The lowest BCUT2D eigenvalue weighted by Gasteiger charge is -2.30. The van der Waals surface area contributed by atoms with Crippen molar-refractivity contribution in [3.05, 3.63) is 0 Å². The number of hydrogen-bond donors (Lipinski definition) is 0. The van der Waals surface area contributed by atoms with E-state index in [0.717, 1.165) is 0 Å². The van der Waals surface area contributed by atoms with Crippen LogP contribution in [-0.2, 0) is 9.47 Å². The minimum atomic E-state index is -0.0156. The first-order valence-corrected chi connectivity index (χ1v) is 4.22. The second kappa shape index (κ2) is 5.55. The summed E-state index contributed by atoms with van der Waals surface area (Å²) in [5.41, 5.74) is -0.0312. The minimum absolute atomic E-state index is 0.0156. The standard InChI is InChI=1S/C8H18O.C2H6O/c1-7(2,3)9-8(4,5)6;1-3-2/h1-6H3;1-2H3. The van der Waals surface area contributed by atoms with Crippen molar-refractivity contribution in [2.75, 3.05) is 14.2 Å². The highest BCUT2D eigenvalue weighted by molar-refractivity contribution is 4.68. The molecule has 0 N–H and O–H groups in total. The third-order valence-corrected chi connectivity index (χ3v) is 0.612. The maximum absolute atomic E-state index is 5.62. The van der Waals surface area contributed by atoms with Crippen LogP contribution in [0, 0.1) is 0 Å². The minimum Gasteiger partial charge on any atom is -0.388 e. The molecule has 0 atom stereocenters. The fourth-order valence-electron chi connectivity index (χ4n) is 0.919. The predicted molar refractivity (Wildman–Crippen MR) is 53.5 cm³/mol. The molecule has 2 nitrogen and oxygen atoms in total. The summed E-state index contributed by atoms with van der Waals surface area (Å²) in [6.07, 6.45) is 0. The fraction of sp³-hybridized carbons (Fsp3) is 1.00. The Morgan fingerprint density at radius 2 is 0.833 bits per heavy atom. The molecule has 12 heavy (non-hydrogen) atoms. The highest BCUT2D eigenvalue weighted by Gasteiger charge is 2.19. The highest BCUT2D eigenvalue weighted by Crippen LogP contribution is 2.17. The summed E-state index contributed by atoms with van der Waals surface area (Å²) >= 11 is 0. The van der Waals surface area contributed by atoms with Gasteiger partial charge in [0.05, 0.1) is 11.2 Å². The average molecular weight is 176 g/mol. The van der Waals surface area contributed by atoms with Crippen molar-refractivity contribution < 1.29 is 9.47 Å². The molecular weight excluding hydrogens is 152 g/mol. The average Bonchev–Trinajstić information content (AvgIpc) is 1.53. The van der Waals surface area contributed by atoms with Crippen LogP contribution in [0.25, 0.3) is 0 Å². The zero-order chi connectivity index (χ0) is 10.4. The van der Waals surface area contributed by atoms with Crippen molar-refractivity contribution in [2.24, 2.45) is 0 Å². The molecule has 0 bridgehead atoms. The summed E-state index contributed by atoms with van der Waals surface area (Å²) in [6, 6.07) is 0. The fourth-order valence-corrected chi connectivity index (χ4v) is 0.919. The molecule has 0 saturated heterocycles. The molecule has 2 heteroatoms. The molecule has 0 heterocycles. The lowest BCUT2D eigenvalue weighted by atomic mass is 10.1. The molecule has 0 fully saturated rings. The molecule has 0 radical (unpaired) electrons. The summed E-state index contributed by atoms with van der Waals surface area (Å²) < 4.78 is 9.88. The Hall–Kier alpha value is -0.0800. The van der Waals surface area contributed by atoms with Crippen LogP contribution in [0.4, 0.5) is 0 Å². The van der Waals surface area contributed by atoms with Crippen LogP contribution < -0.4 is 0 Å². The SMILES string of the molecule is CC(C)(C)OC(C)(C)C.COC. The molecule has 0 saturated carbocycles. The Labute approximate surface area is 77.3 Å². The van der Waals surface area contributed by atoms with E-state index < -0.39 is 0 Å². The van der Waals surface area contributed by atoms with Crippen LogP contribution in [0.3, 0.4) is 0 Å². The number of rotatable bonds is 0. The van der Waals surface area contributed by atoms with Gasteiger partial charge in [-0.15, -0.1) is 0 Å². The third kappa shape index (κ3) is 22.5. The summed E-state index contributed by atoms with van der Waals surface area (Å²) in [4.78, 5) is 0. The molecule has 0 aromatic rings. The van der Waals surface area contributed by atoms with Gasteiger partial charge in [0, 0.05) is 14.2 Å². The maximum atomic E-state index is 5.62. The Bertz CT molecular complexity index is 83.4. The van der Waals surface area contributed by atoms with Crippen LogP contribution in [-0.4, -0.2) is 25.4 Å². The van der Waals surface area contributed by atoms with Crippen LogP contribution in [0.15, 0.2) is 0 Å². The zero-order valence-corrected chi connectivity index (χ0v) is 9.82.